The van der Waals surface area contributed by atoms with Crippen LogP contribution >= 0.6 is 0 Å². The van der Waals surface area contributed by atoms with E-state index >= 15 is 0 Å². The van der Waals surface area contributed by atoms with Crippen molar-refractivity contribution in [1.29, 1.82) is 0 Å². The molecule has 0 heteroatoms. The van der Waals surface area contributed by atoms with Crippen molar-refractivity contribution < 1.29 is 0 Å². The number of allylic oxidation sites excluding steroid dienone is 3. The molecular weight excluding hydrogens is 144 g/mol. The average Bonchev–Trinajstić information content (AvgIpc) is 2.55. The summed E-state index contributed by atoms with van der Waals surface area (Å²) in [6.07, 6.45) is 5.46. The van der Waals surface area contributed by atoms with Crippen molar-refractivity contribution in [2.24, 2.45) is 5.92 Å². The Morgan fingerprint density at radius 2 is 1.92 bits per heavy atom. The van der Waals surface area contributed by atoms with Crippen molar-refractivity contribution >= 4 is 0 Å². The SMILES string of the molecule is CC.CCC1=CC(C(C)C)=C=C1. The summed E-state index contributed by atoms with van der Waals surface area (Å²) in [7, 11) is 0. The van der Waals surface area contributed by atoms with Crippen LogP contribution in [0.4, 0.5) is 0 Å². The summed E-state index contributed by atoms with van der Waals surface area (Å²) >= 11 is 0. The van der Waals surface area contributed by atoms with E-state index in [1.54, 1.807) is 0 Å². The van der Waals surface area contributed by atoms with Crippen molar-refractivity contribution in [2.75, 3.05) is 0 Å². The summed E-state index contributed by atoms with van der Waals surface area (Å²) < 4.78 is 0. The first-order valence-electron chi connectivity index (χ1n) is 4.91. The Morgan fingerprint density at radius 1 is 1.33 bits per heavy atom. The highest BCUT2D eigenvalue weighted by molar-refractivity contribution is 5.37. The van der Waals surface area contributed by atoms with Crippen molar-refractivity contribution in [3.05, 3.63) is 29.0 Å². The van der Waals surface area contributed by atoms with E-state index in [1.165, 1.54) is 11.1 Å². The largest absolute Gasteiger partial charge is 0.117 e. The molecule has 0 unspecified atom stereocenters. The molecule has 0 aliphatic heterocycles. The van der Waals surface area contributed by atoms with E-state index in [4.69, 9.17) is 0 Å². The molecule has 0 nitrogen and oxygen atoms in total. The predicted molar refractivity (Wildman–Crippen MR) is 56.2 cm³/mol. The Bertz CT molecular complexity index is 210. The number of hydrogen-bond donors (Lipinski definition) is 0. The normalized spacial score (nSPS) is 13.8. The van der Waals surface area contributed by atoms with E-state index in [-0.39, 0.29) is 0 Å². The van der Waals surface area contributed by atoms with Crippen LogP contribution in [0.1, 0.15) is 41.0 Å². The van der Waals surface area contributed by atoms with Crippen LogP contribution < -0.4 is 0 Å². The Kier molecular flexibility index (Phi) is 5.49. The van der Waals surface area contributed by atoms with Crippen molar-refractivity contribution in [3.8, 4) is 0 Å². The molecule has 0 aromatic heterocycles. The average molecular weight is 164 g/mol. The van der Waals surface area contributed by atoms with E-state index in [0.717, 1.165) is 6.42 Å². The van der Waals surface area contributed by atoms with Crippen LogP contribution in [0.3, 0.4) is 0 Å². The second-order valence-corrected chi connectivity index (χ2v) is 2.97. The summed E-state index contributed by atoms with van der Waals surface area (Å²) in [4.78, 5) is 0. The zero-order valence-corrected chi connectivity index (χ0v) is 8.94. The minimum Gasteiger partial charge on any atom is -0.117 e. The van der Waals surface area contributed by atoms with Crippen molar-refractivity contribution in [3.63, 3.8) is 0 Å². The molecule has 0 spiro atoms. The maximum Gasteiger partial charge on any atom is -0.00318 e. The molecule has 0 radical (unpaired) electrons. The molecule has 0 fully saturated rings. The Balaban J connectivity index is 0.000000561. The summed E-state index contributed by atoms with van der Waals surface area (Å²) in [5, 5.41) is 0. The zero-order chi connectivity index (χ0) is 9.56. The van der Waals surface area contributed by atoms with Gasteiger partial charge in [0.1, 0.15) is 0 Å². The Morgan fingerprint density at radius 3 is 2.17 bits per heavy atom. The molecule has 1 rings (SSSR count). The van der Waals surface area contributed by atoms with E-state index in [2.05, 4.69) is 38.7 Å². The maximum absolute atomic E-state index is 3.26. The summed E-state index contributed by atoms with van der Waals surface area (Å²) in [5.41, 5.74) is 6.01. The van der Waals surface area contributed by atoms with Crippen LogP contribution in [0, 0.1) is 5.92 Å². The van der Waals surface area contributed by atoms with Gasteiger partial charge in [0, 0.05) is 0 Å². The maximum atomic E-state index is 3.26. The third kappa shape index (κ3) is 3.11. The van der Waals surface area contributed by atoms with E-state index < -0.39 is 0 Å². The van der Waals surface area contributed by atoms with Gasteiger partial charge in [-0.1, -0.05) is 34.6 Å². The highest BCUT2D eigenvalue weighted by Gasteiger charge is 2.03. The van der Waals surface area contributed by atoms with Gasteiger partial charge in [-0.2, -0.15) is 0 Å². The molecule has 0 amide bonds. The third-order valence-corrected chi connectivity index (χ3v) is 1.80. The fraction of sp³-hybridized carbons (Fsp3) is 0.583. The van der Waals surface area contributed by atoms with Crippen molar-refractivity contribution in [1.82, 2.24) is 0 Å². The van der Waals surface area contributed by atoms with E-state index in [1.807, 2.05) is 13.8 Å². The number of hydrogen-bond acceptors (Lipinski definition) is 0. The van der Waals surface area contributed by atoms with Gasteiger partial charge in [0.2, 0.25) is 0 Å². The van der Waals surface area contributed by atoms with Gasteiger partial charge in [0.25, 0.3) is 0 Å². The summed E-state index contributed by atoms with van der Waals surface area (Å²) in [6.45, 7) is 10.6. The molecule has 0 aromatic carbocycles. The smallest absolute Gasteiger partial charge is 0.00318 e. The molecule has 0 aromatic rings. The monoisotopic (exact) mass is 164 g/mol. The van der Waals surface area contributed by atoms with E-state index in [9.17, 15) is 0 Å². The van der Waals surface area contributed by atoms with E-state index in [0.29, 0.717) is 5.92 Å². The minimum atomic E-state index is 0.625. The van der Waals surface area contributed by atoms with Crippen molar-refractivity contribution in [2.45, 2.75) is 41.0 Å². The highest BCUT2D eigenvalue weighted by atomic mass is 14.1. The quantitative estimate of drug-likeness (QED) is 0.539. The molecule has 68 valence electrons. The van der Waals surface area contributed by atoms with Gasteiger partial charge in [0.05, 0.1) is 0 Å². The lowest BCUT2D eigenvalue weighted by Crippen LogP contribution is -1.86. The highest BCUT2D eigenvalue weighted by Crippen LogP contribution is 2.19. The molecule has 0 atom stereocenters. The molecule has 1 aliphatic rings. The molecule has 1 aliphatic carbocycles. The van der Waals surface area contributed by atoms with Crippen LogP contribution in [-0.4, -0.2) is 0 Å². The van der Waals surface area contributed by atoms with Crippen LogP contribution in [-0.2, 0) is 0 Å². The first-order chi connectivity index (χ1) is 5.74. The topological polar surface area (TPSA) is 0 Å². The molecule has 0 saturated heterocycles. The summed E-state index contributed by atoms with van der Waals surface area (Å²) in [5.74, 6) is 0.625. The standard InChI is InChI=1S/C10H14.C2H6/c1-4-9-5-6-10(7-9)8(2)3;1-2/h5,7-8H,4H2,1-3H3;1-2H3. The van der Waals surface area contributed by atoms with Gasteiger partial charge in [-0.15, -0.1) is 5.73 Å². The van der Waals surface area contributed by atoms with Crippen LogP contribution in [0.15, 0.2) is 29.0 Å². The lowest BCUT2D eigenvalue weighted by atomic mass is 10.0. The lowest BCUT2D eigenvalue weighted by molar-refractivity contribution is 0.794. The molecule has 0 heterocycles. The zero-order valence-electron chi connectivity index (χ0n) is 8.94. The van der Waals surface area contributed by atoms with Crippen LogP contribution in [0.5, 0.6) is 0 Å². The second kappa shape index (κ2) is 5.85. The molecule has 0 saturated carbocycles. The molecule has 0 N–H and O–H groups in total. The van der Waals surface area contributed by atoms with Gasteiger partial charge in [-0.25, -0.2) is 0 Å². The molecule has 0 bridgehead atoms. The van der Waals surface area contributed by atoms with Gasteiger partial charge >= 0.3 is 0 Å². The first-order valence-corrected chi connectivity index (χ1v) is 4.91. The third-order valence-electron chi connectivity index (χ3n) is 1.80. The van der Waals surface area contributed by atoms with Crippen LogP contribution in [0.2, 0.25) is 0 Å². The fourth-order valence-corrected chi connectivity index (χ4v) is 0.997. The first kappa shape index (κ1) is 11.3. The van der Waals surface area contributed by atoms with Gasteiger partial charge in [-0.3, -0.25) is 0 Å². The van der Waals surface area contributed by atoms with Gasteiger partial charge < -0.3 is 0 Å². The van der Waals surface area contributed by atoms with Gasteiger partial charge in [0.15, 0.2) is 0 Å². The lowest BCUT2D eigenvalue weighted by Gasteiger charge is -1.99. The fourth-order valence-electron chi connectivity index (χ4n) is 0.997. The molecule has 12 heavy (non-hydrogen) atoms. The van der Waals surface area contributed by atoms with Crippen LogP contribution in [0.25, 0.3) is 0 Å². The number of rotatable bonds is 2. The second-order valence-electron chi connectivity index (χ2n) is 2.97. The summed E-state index contributed by atoms with van der Waals surface area (Å²) in [6, 6.07) is 0. The Hall–Kier alpha value is -0.740. The Labute approximate surface area is 76.7 Å². The minimum absolute atomic E-state index is 0.625. The predicted octanol–water partition coefficient (Wildman–Crippen LogP) is 4.10. The molecular formula is C12H20. The van der Waals surface area contributed by atoms with Gasteiger partial charge in [-0.05, 0) is 35.6 Å².